The lowest BCUT2D eigenvalue weighted by Crippen LogP contribution is -2.11. The Morgan fingerprint density at radius 1 is 1.07 bits per heavy atom. The maximum Gasteiger partial charge on any atom is 0.328 e. The van der Waals surface area contributed by atoms with Crippen molar-refractivity contribution in [3.8, 4) is 11.1 Å². The van der Waals surface area contributed by atoms with Crippen molar-refractivity contribution in [1.29, 1.82) is 0 Å². The van der Waals surface area contributed by atoms with Crippen molar-refractivity contribution in [3.05, 3.63) is 69.1 Å². The summed E-state index contributed by atoms with van der Waals surface area (Å²) in [7, 11) is 0. The van der Waals surface area contributed by atoms with E-state index in [9.17, 15) is 9.59 Å². The highest BCUT2D eigenvalue weighted by Gasteiger charge is 2.16. The highest BCUT2D eigenvalue weighted by Crippen LogP contribution is 2.23. The van der Waals surface area contributed by atoms with Crippen LogP contribution in [0.1, 0.15) is 18.7 Å². The van der Waals surface area contributed by atoms with Crippen LogP contribution in [-0.4, -0.2) is 31.7 Å². The number of rotatable bonds is 4. The number of pyridine rings is 1. The molecule has 0 fully saturated rings. The van der Waals surface area contributed by atoms with Crippen LogP contribution in [0.2, 0.25) is 0 Å². The van der Waals surface area contributed by atoms with Gasteiger partial charge < -0.3 is 14.2 Å². The average molecular weight is 404 g/mol. The second kappa shape index (κ2) is 7.32. The maximum atomic E-state index is 12.6. The first kappa shape index (κ1) is 17.9. The third-order valence-corrected chi connectivity index (χ3v) is 4.63. The number of benzene rings is 1. The summed E-state index contributed by atoms with van der Waals surface area (Å²) in [6.45, 7) is 0.615. The topological polar surface area (TPSA) is 139 Å². The van der Waals surface area contributed by atoms with Crippen molar-refractivity contribution in [2.45, 2.75) is 12.8 Å². The molecule has 0 amide bonds. The van der Waals surface area contributed by atoms with Gasteiger partial charge in [-0.1, -0.05) is 11.2 Å². The molecule has 1 aliphatic rings. The van der Waals surface area contributed by atoms with Crippen LogP contribution in [0.25, 0.3) is 27.8 Å². The second-order valence-corrected chi connectivity index (χ2v) is 6.70. The van der Waals surface area contributed by atoms with Gasteiger partial charge in [0.1, 0.15) is 0 Å². The number of nitrogens with zero attached hydrogens (tertiary/aromatic N) is 3. The Bertz CT molecular complexity index is 1360. The molecule has 5 rings (SSSR count). The molecule has 1 aromatic carbocycles. The largest absolute Gasteiger partial charge is 0.490 e. The van der Waals surface area contributed by atoms with E-state index in [4.69, 9.17) is 9.26 Å². The van der Waals surface area contributed by atoms with E-state index in [1.54, 1.807) is 24.4 Å². The van der Waals surface area contributed by atoms with Crippen LogP contribution in [-0.2, 0) is 4.74 Å². The highest BCUT2D eigenvalue weighted by molar-refractivity contribution is 5.84. The summed E-state index contributed by atoms with van der Waals surface area (Å²) in [5.41, 5.74) is 1.55. The molecule has 0 atom stereocenters. The number of H-pyrrole nitrogens is 2. The first-order valence-corrected chi connectivity index (χ1v) is 9.33. The van der Waals surface area contributed by atoms with E-state index in [1.807, 2.05) is 12.1 Å². The van der Waals surface area contributed by atoms with Gasteiger partial charge in [-0.25, -0.2) is 4.98 Å². The van der Waals surface area contributed by atoms with Gasteiger partial charge in [-0.05, 0) is 48.2 Å². The van der Waals surface area contributed by atoms with Gasteiger partial charge in [0.25, 0.3) is 5.56 Å². The summed E-state index contributed by atoms with van der Waals surface area (Å²) in [4.78, 5) is 37.8. The fourth-order valence-electron chi connectivity index (χ4n) is 3.16. The van der Waals surface area contributed by atoms with Crippen LogP contribution in [0.15, 0.2) is 56.7 Å². The first-order valence-electron chi connectivity index (χ1n) is 9.33. The summed E-state index contributed by atoms with van der Waals surface area (Å²) in [5, 5.41) is 7.12. The van der Waals surface area contributed by atoms with E-state index in [0.29, 0.717) is 29.1 Å². The number of aromatic nitrogens is 5. The van der Waals surface area contributed by atoms with Crippen LogP contribution in [0.3, 0.4) is 0 Å². The molecular weight excluding hydrogens is 388 g/mol. The Hall–Kier alpha value is -4.21. The van der Waals surface area contributed by atoms with Gasteiger partial charge in [0.05, 0.1) is 17.5 Å². The monoisotopic (exact) mass is 404 g/mol. The minimum Gasteiger partial charge on any atom is -0.490 e. The second-order valence-electron chi connectivity index (χ2n) is 6.70. The van der Waals surface area contributed by atoms with Gasteiger partial charge in [-0.15, -0.1) is 0 Å². The molecule has 10 nitrogen and oxygen atoms in total. The molecule has 0 radical (unpaired) electrons. The Kier molecular flexibility index (Phi) is 4.36. The van der Waals surface area contributed by atoms with Gasteiger partial charge >= 0.3 is 6.01 Å². The lowest BCUT2D eigenvalue weighted by atomic mass is 10.1. The number of allylic oxidation sites excluding steroid dienone is 1. The van der Waals surface area contributed by atoms with Gasteiger partial charge in [0.2, 0.25) is 17.3 Å². The van der Waals surface area contributed by atoms with Gasteiger partial charge in [-0.2, -0.15) is 4.98 Å². The van der Waals surface area contributed by atoms with Crippen LogP contribution < -0.4 is 16.4 Å². The summed E-state index contributed by atoms with van der Waals surface area (Å²) in [6, 6.07) is 8.49. The van der Waals surface area contributed by atoms with Crippen LogP contribution in [0.5, 0.6) is 0 Å². The molecule has 0 saturated carbocycles. The molecule has 0 saturated heterocycles. The number of hydrogen-bond acceptors (Lipinski definition) is 8. The Morgan fingerprint density at radius 2 is 1.97 bits per heavy atom. The predicted molar refractivity (Wildman–Crippen MR) is 109 cm³/mol. The van der Waals surface area contributed by atoms with Crippen molar-refractivity contribution in [3.63, 3.8) is 0 Å². The Balaban J connectivity index is 1.43. The molecule has 10 heteroatoms. The molecular formula is C20H16N6O4. The van der Waals surface area contributed by atoms with Gasteiger partial charge in [-0.3, -0.25) is 19.9 Å². The number of aromatic amines is 2. The minimum atomic E-state index is -0.327. The van der Waals surface area contributed by atoms with E-state index in [2.05, 4.69) is 30.4 Å². The zero-order valence-electron chi connectivity index (χ0n) is 15.6. The van der Waals surface area contributed by atoms with E-state index >= 15 is 0 Å². The molecule has 30 heavy (non-hydrogen) atoms. The third-order valence-electron chi connectivity index (χ3n) is 4.63. The van der Waals surface area contributed by atoms with Crippen LogP contribution in [0.4, 0.5) is 12.0 Å². The minimum absolute atomic E-state index is 0.0902. The standard InChI is InChI=1S/C20H16N6O4/c27-16-7-5-12(10-21-16)11-4-6-14-13(9-11)18(28)24-19(22-14)25-20-23-17(26-30-20)15-3-1-2-8-29-15/h3-7,9-10H,1-2,8H2,(H,21,27)(H2,22,23,24,25,26,28). The molecule has 0 spiro atoms. The average Bonchev–Trinajstić information content (AvgIpc) is 3.23. The van der Waals surface area contributed by atoms with Crippen molar-refractivity contribution >= 4 is 28.6 Å². The zero-order valence-corrected chi connectivity index (χ0v) is 15.6. The molecule has 3 aromatic heterocycles. The third kappa shape index (κ3) is 3.46. The van der Waals surface area contributed by atoms with Crippen molar-refractivity contribution in [2.75, 3.05) is 11.9 Å². The van der Waals surface area contributed by atoms with Crippen molar-refractivity contribution in [2.24, 2.45) is 0 Å². The molecule has 3 N–H and O–H groups in total. The molecule has 4 aromatic rings. The lowest BCUT2D eigenvalue weighted by Gasteiger charge is -2.10. The lowest BCUT2D eigenvalue weighted by molar-refractivity contribution is 0.254. The number of fused-ring (bicyclic) bond motifs is 1. The fourth-order valence-corrected chi connectivity index (χ4v) is 3.16. The van der Waals surface area contributed by atoms with E-state index in [-0.39, 0.29) is 23.1 Å². The molecule has 0 aliphatic carbocycles. The summed E-state index contributed by atoms with van der Waals surface area (Å²) in [5.74, 6) is 1.09. The number of nitrogens with one attached hydrogen (secondary N) is 3. The summed E-state index contributed by atoms with van der Waals surface area (Å²) in [6.07, 6.45) is 5.36. The maximum absolute atomic E-state index is 12.6. The normalized spacial score (nSPS) is 13.7. The predicted octanol–water partition coefficient (Wildman–Crippen LogP) is 2.56. The Labute approximate surface area is 168 Å². The van der Waals surface area contributed by atoms with Crippen molar-refractivity contribution in [1.82, 2.24) is 25.1 Å². The number of anilines is 2. The quantitative estimate of drug-likeness (QED) is 0.472. The summed E-state index contributed by atoms with van der Waals surface area (Å²) < 4.78 is 10.7. The molecule has 1 aliphatic heterocycles. The van der Waals surface area contributed by atoms with E-state index in [0.717, 1.165) is 24.0 Å². The molecule has 0 bridgehead atoms. The summed E-state index contributed by atoms with van der Waals surface area (Å²) >= 11 is 0. The fraction of sp³-hybridized carbons (Fsp3) is 0.150. The van der Waals surface area contributed by atoms with Gasteiger partial charge in [0.15, 0.2) is 5.76 Å². The number of hydrogen-bond donors (Lipinski definition) is 3. The van der Waals surface area contributed by atoms with E-state index in [1.165, 1.54) is 6.07 Å². The SMILES string of the molecule is O=c1ccc(-c2ccc3nc(Nc4nc(C5=CCCCO5)no4)[nH]c(=O)c3c2)c[nH]1. The zero-order chi connectivity index (χ0) is 20.5. The van der Waals surface area contributed by atoms with Crippen molar-refractivity contribution < 1.29 is 9.26 Å². The Morgan fingerprint density at radius 3 is 2.77 bits per heavy atom. The van der Waals surface area contributed by atoms with E-state index < -0.39 is 0 Å². The molecule has 150 valence electrons. The highest BCUT2D eigenvalue weighted by atomic mass is 16.5. The van der Waals surface area contributed by atoms with Crippen LogP contribution >= 0.6 is 0 Å². The molecule has 0 unspecified atom stereocenters. The molecule has 4 heterocycles. The van der Waals surface area contributed by atoms with Gasteiger partial charge in [0, 0.05) is 12.3 Å². The van der Waals surface area contributed by atoms with Crippen LogP contribution in [0, 0.1) is 0 Å². The number of ether oxygens (including phenoxy) is 1. The smallest absolute Gasteiger partial charge is 0.328 e. The first-order chi connectivity index (χ1) is 14.7.